The number of piperidine rings is 1. The van der Waals surface area contributed by atoms with Crippen LogP contribution in [0.4, 0.5) is 5.69 Å². The fourth-order valence-corrected chi connectivity index (χ4v) is 2.71. The maximum Gasteiger partial charge on any atom is 0.279 e. The van der Waals surface area contributed by atoms with Gasteiger partial charge in [-0.25, -0.2) is 0 Å². The van der Waals surface area contributed by atoms with Gasteiger partial charge < -0.3 is 10.2 Å². The van der Waals surface area contributed by atoms with Crippen molar-refractivity contribution in [3.8, 4) is 0 Å². The predicted molar refractivity (Wildman–Crippen MR) is 75.3 cm³/mol. The predicted octanol–water partition coefficient (Wildman–Crippen LogP) is 0.290. The van der Waals surface area contributed by atoms with Crippen molar-refractivity contribution in [1.29, 1.82) is 0 Å². The van der Waals surface area contributed by atoms with Crippen LogP contribution in [-0.2, 0) is 11.8 Å². The molecule has 0 bridgehead atoms. The summed E-state index contributed by atoms with van der Waals surface area (Å²) in [6, 6.07) is 0. The highest BCUT2D eigenvalue weighted by Crippen LogP contribution is 2.17. The molecule has 1 fully saturated rings. The minimum Gasteiger partial charge on any atom is -0.327 e. The number of carbonyl (C=O) groups is 1. The summed E-state index contributed by atoms with van der Waals surface area (Å²) in [5, 5.41) is 7.33. The normalized spacial score (nSPS) is 23.4. The number of likely N-dealkylation sites (tertiary alicyclic amines) is 1. The molecule has 5 heteroatoms. The fourth-order valence-electron chi connectivity index (χ4n) is 2.71. The SMILES string of the molecule is Cc1nn(C)c(C)c1NC(=O)C[NH+]1CCC(C)CC1. The molecule has 0 atom stereocenters. The van der Waals surface area contributed by atoms with Crippen LogP contribution in [0.1, 0.15) is 31.2 Å². The van der Waals surface area contributed by atoms with E-state index in [0.717, 1.165) is 36.1 Å². The minimum atomic E-state index is 0.101. The highest BCUT2D eigenvalue weighted by molar-refractivity contribution is 5.92. The molecule has 2 heterocycles. The van der Waals surface area contributed by atoms with Gasteiger partial charge in [-0.05, 0) is 32.6 Å². The molecule has 1 saturated heterocycles. The van der Waals surface area contributed by atoms with Crippen molar-refractivity contribution in [2.75, 3.05) is 25.0 Å². The summed E-state index contributed by atoms with van der Waals surface area (Å²) in [5.74, 6) is 0.915. The Kier molecular flexibility index (Phi) is 4.24. The van der Waals surface area contributed by atoms with Gasteiger partial charge in [-0.2, -0.15) is 5.10 Å². The van der Waals surface area contributed by atoms with E-state index in [1.165, 1.54) is 17.7 Å². The molecule has 1 aliphatic rings. The second kappa shape index (κ2) is 5.74. The van der Waals surface area contributed by atoms with Gasteiger partial charge in [-0.1, -0.05) is 6.92 Å². The Hall–Kier alpha value is -1.36. The molecule has 0 aliphatic carbocycles. The van der Waals surface area contributed by atoms with Gasteiger partial charge >= 0.3 is 0 Å². The summed E-state index contributed by atoms with van der Waals surface area (Å²) in [6.45, 7) is 8.99. The third-order valence-corrected chi connectivity index (χ3v) is 4.17. The topological polar surface area (TPSA) is 51.4 Å². The molecule has 1 aliphatic heterocycles. The third-order valence-electron chi connectivity index (χ3n) is 4.17. The van der Waals surface area contributed by atoms with E-state index in [4.69, 9.17) is 0 Å². The van der Waals surface area contributed by atoms with Crippen LogP contribution in [0.3, 0.4) is 0 Å². The van der Waals surface area contributed by atoms with Gasteiger partial charge in [0.1, 0.15) is 0 Å². The first-order valence-electron chi connectivity index (χ1n) is 7.11. The Balaban J connectivity index is 1.91. The number of hydrogen-bond acceptors (Lipinski definition) is 2. The second-order valence-electron chi connectivity index (χ2n) is 5.83. The Bertz CT molecular complexity index is 458. The number of nitrogens with zero attached hydrogens (tertiary/aromatic N) is 2. The Morgan fingerprint density at radius 2 is 2.05 bits per heavy atom. The van der Waals surface area contributed by atoms with E-state index >= 15 is 0 Å². The number of quaternary nitrogens is 1. The van der Waals surface area contributed by atoms with Crippen LogP contribution in [0.5, 0.6) is 0 Å². The van der Waals surface area contributed by atoms with Crippen LogP contribution in [-0.4, -0.2) is 35.3 Å². The molecule has 0 saturated carbocycles. The maximum atomic E-state index is 12.1. The molecule has 0 aromatic carbocycles. The molecular formula is C14H25N4O+. The standard InChI is InChI=1S/C14H24N4O/c1-10-5-7-18(8-6-10)9-13(19)15-14-11(2)16-17(4)12(14)3/h10H,5-9H2,1-4H3,(H,15,19)/p+1. The number of rotatable bonds is 3. The van der Waals surface area contributed by atoms with Crippen molar-refractivity contribution in [3.63, 3.8) is 0 Å². The summed E-state index contributed by atoms with van der Waals surface area (Å²) >= 11 is 0. The van der Waals surface area contributed by atoms with Crippen molar-refractivity contribution in [2.24, 2.45) is 13.0 Å². The largest absolute Gasteiger partial charge is 0.327 e. The number of hydrogen-bond donors (Lipinski definition) is 2. The Labute approximate surface area is 115 Å². The molecule has 2 rings (SSSR count). The zero-order valence-electron chi connectivity index (χ0n) is 12.4. The fraction of sp³-hybridized carbons (Fsp3) is 0.714. The first-order chi connectivity index (χ1) is 8.97. The second-order valence-corrected chi connectivity index (χ2v) is 5.83. The van der Waals surface area contributed by atoms with Crippen molar-refractivity contribution in [3.05, 3.63) is 11.4 Å². The summed E-state index contributed by atoms with van der Waals surface area (Å²) in [4.78, 5) is 13.5. The van der Waals surface area contributed by atoms with Gasteiger partial charge in [0.2, 0.25) is 0 Å². The van der Waals surface area contributed by atoms with E-state index in [1.54, 1.807) is 4.68 Å². The van der Waals surface area contributed by atoms with Gasteiger partial charge in [-0.3, -0.25) is 9.48 Å². The Morgan fingerprint density at radius 1 is 1.42 bits per heavy atom. The van der Waals surface area contributed by atoms with Crippen LogP contribution in [0.15, 0.2) is 0 Å². The summed E-state index contributed by atoms with van der Waals surface area (Å²) < 4.78 is 1.81. The van der Waals surface area contributed by atoms with Crippen molar-refractivity contribution < 1.29 is 9.69 Å². The molecule has 106 valence electrons. The van der Waals surface area contributed by atoms with Gasteiger partial charge in [-0.15, -0.1) is 0 Å². The number of carbonyl (C=O) groups excluding carboxylic acids is 1. The van der Waals surface area contributed by atoms with Crippen molar-refractivity contribution >= 4 is 11.6 Å². The lowest BCUT2D eigenvalue weighted by Gasteiger charge is -2.26. The summed E-state index contributed by atoms with van der Waals surface area (Å²) in [7, 11) is 1.90. The van der Waals surface area contributed by atoms with Crippen LogP contribution in [0.25, 0.3) is 0 Å². The third kappa shape index (κ3) is 3.35. The van der Waals surface area contributed by atoms with Crippen LogP contribution < -0.4 is 10.2 Å². The zero-order valence-corrected chi connectivity index (χ0v) is 12.4. The summed E-state index contributed by atoms with van der Waals surface area (Å²) in [6.07, 6.45) is 2.46. The van der Waals surface area contributed by atoms with E-state index < -0.39 is 0 Å². The molecule has 1 aromatic heterocycles. The van der Waals surface area contributed by atoms with Crippen molar-refractivity contribution in [1.82, 2.24) is 9.78 Å². The lowest BCUT2D eigenvalue weighted by molar-refractivity contribution is -0.897. The van der Waals surface area contributed by atoms with E-state index in [2.05, 4.69) is 17.3 Å². The van der Waals surface area contributed by atoms with Crippen LogP contribution in [0, 0.1) is 19.8 Å². The van der Waals surface area contributed by atoms with E-state index in [9.17, 15) is 4.79 Å². The molecular weight excluding hydrogens is 240 g/mol. The number of anilines is 1. The van der Waals surface area contributed by atoms with Gasteiger partial charge in [0.15, 0.2) is 6.54 Å². The molecule has 0 radical (unpaired) electrons. The van der Waals surface area contributed by atoms with E-state index in [0.29, 0.717) is 6.54 Å². The van der Waals surface area contributed by atoms with Gasteiger partial charge in [0.25, 0.3) is 5.91 Å². The molecule has 5 nitrogen and oxygen atoms in total. The number of amides is 1. The lowest BCUT2D eigenvalue weighted by atomic mass is 9.99. The molecule has 19 heavy (non-hydrogen) atoms. The van der Waals surface area contributed by atoms with Crippen LogP contribution in [0.2, 0.25) is 0 Å². The number of aryl methyl sites for hydroxylation is 2. The Morgan fingerprint density at radius 3 is 2.58 bits per heavy atom. The maximum absolute atomic E-state index is 12.1. The first kappa shape index (κ1) is 14.1. The molecule has 0 spiro atoms. The highest BCUT2D eigenvalue weighted by atomic mass is 16.2. The van der Waals surface area contributed by atoms with E-state index in [-0.39, 0.29) is 5.91 Å². The average molecular weight is 265 g/mol. The molecule has 2 N–H and O–H groups in total. The van der Waals surface area contributed by atoms with E-state index in [1.807, 2.05) is 20.9 Å². The molecule has 1 amide bonds. The first-order valence-corrected chi connectivity index (χ1v) is 7.11. The number of nitrogens with one attached hydrogen (secondary N) is 2. The quantitative estimate of drug-likeness (QED) is 0.825. The van der Waals surface area contributed by atoms with Crippen LogP contribution >= 0.6 is 0 Å². The number of aromatic nitrogens is 2. The molecule has 1 aromatic rings. The monoisotopic (exact) mass is 265 g/mol. The lowest BCUT2D eigenvalue weighted by Crippen LogP contribution is -3.14. The molecule has 0 unspecified atom stereocenters. The average Bonchev–Trinajstić information content (AvgIpc) is 2.59. The van der Waals surface area contributed by atoms with Crippen molar-refractivity contribution in [2.45, 2.75) is 33.6 Å². The smallest absolute Gasteiger partial charge is 0.279 e. The van der Waals surface area contributed by atoms with Gasteiger partial charge in [0.05, 0.1) is 30.2 Å². The van der Waals surface area contributed by atoms with Gasteiger partial charge in [0, 0.05) is 7.05 Å². The summed E-state index contributed by atoms with van der Waals surface area (Å²) in [5.41, 5.74) is 2.76. The zero-order chi connectivity index (χ0) is 14.0. The highest BCUT2D eigenvalue weighted by Gasteiger charge is 2.22. The minimum absolute atomic E-state index is 0.101.